The van der Waals surface area contributed by atoms with Crippen molar-refractivity contribution < 1.29 is 14.3 Å². The van der Waals surface area contributed by atoms with Crippen LogP contribution in [0.25, 0.3) is 0 Å². The van der Waals surface area contributed by atoms with Gasteiger partial charge in [0.05, 0.1) is 19.7 Å². The topological polar surface area (TPSA) is 58.6 Å². The van der Waals surface area contributed by atoms with Crippen LogP contribution >= 0.6 is 0 Å². The second-order valence-electron chi connectivity index (χ2n) is 7.70. The molecule has 2 saturated heterocycles. The lowest BCUT2D eigenvalue weighted by molar-refractivity contribution is -0.190. The number of hydrogen-bond donors (Lipinski definition) is 1. The molecule has 3 fully saturated rings. The van der Waals surface area contributed by atoms with Crippen LogP contribution in [-0.2, 0) is 14.3 Å². The molecule has 0 unspecified atom stereocenters. The molecule has 1 N–H and O–H groups in total. The lowest BCUT2D eigenvalue weighted by atomic mass is 9.82. The van der Waals surface area contributed by atoms with Gasteiger partial charge in [0, 0.05) is 18.9 Å². The number of carbonyl (C=O) groups excluding carboxylic acids is 2. The van der Waals surface area contributed by atoms with Crippen LogP contribution in [0.3, 0.4) is 0 Å². The molecule has 1 spiro atoms. The number of hydrogen-bond acceptors (Lipinski definition) is 3. The van der Waals surface area contributed by atoms with E-state index in [0.29, 0.717) is 24.9 Å². The predicted octanol–water partition coefficient (Wildman–Crippen LogP) is 1.57. The van der Waals surface area contributed by atoms with Crippen molar-refractivity contribution in [3.05, 3.63) is 0 Å². The highest BCUT2D eigenvalue weighted by molar-refractivity contribution is 5.79. The van der Waals surface area contributed by atoms with Crippen molar-refractivity contribution in [3.63, 3.8) is 0 Å². The van der Waals surface area contributed by atoms with Crippen molar-refractivity contribution in [2.24, 2.45) is 17.8 Å². The molecule has 2 amide bonds. The molecule has 0 aromatic heterocycles. The standard InChI is InChI=1S/C17H28N2O3/c1-12(2)16(21)19-10-17(11-19)6-5-14(9-22-17)8-18-15(20)7-13-3-4-13/h12-14H,3-11H2,1-2H3,(H,18,20)/t14-/m1/s1. The summed E-state index contributed by atoms with van der Waals surface area (Å²) < 4.78 is 6.05. The third kappa shape index (κ3) is 3.62. The van der Waals surface area contributed by atoms with Crippen LogP contribution < -0.4 is 5.32 Å². The monoisotopic (exact) mass is 308 g/mol. The molecule has 124 valence electrons. The van der Waals surface area contributed by atoms with E-state index in [0.717, 1.165) is 32.5 Å². The minimum atomic E-state index is -0.0981. The van der Waals surface area contributed by atoms with Crippen LogP contribution in [0.15, 0.2) is 0 Å². The molecular formula is C17H28N2O3. The minimum Gasteiger partial charge on any atom is -0.371 e. The normalized spacial score (nSPS) is 26.9. The largest absolute Gasteiger partial charge is 0.371 e. The Morgan fingerprint density at radius 3 is 2.50 bits per heavy atom. The van der Waals surface area contributed by atoms with Gasteiger partial charge >= 0.3 is 0 Å². The molecule has 0 aromatic carbocycles. The van der Waals surface area contributed by atoms with E-state index in [-0.39, 0.29) is 23.3 Å². The molecule has 2 aliphatic heterocycles. The predicted molar refractivity (Wildman–Crippen MR) is 83.2 cm³/mol. The van der Waals surface area contributed by atoms with Gasteiger partial charge in [-0.15, -0.1) is 0 Å². The summed E-state index contributed by atoms with van der Waals surface area (Å²) >= 11 is 0. The highest BCUT2D eigenvalue weighted by atomic mass is 16.5. The molecule has 1 atom stereocenters. The molecule has 0 aromatic rings. The van der Waals surface area contributed by atoms with E-state index in [4.69, 9.17) is 4.74 Å². The van der Waals surface area contributed by atoms with E-state index in [2.05, 4.69) is 5.32 Å². The van der Waals surface area contributed by atoms with Gasteiger partial charge in [-0.2, -0.15) is 0 Å². The number of rotatable bonds is 5. The summed E-state index contributed by atoms with van der Waals surface area (Å²) in [6, 6.07) is 0. The average Bonchev–Trinajstić information content (AvgIpc) is 3.26. The highest BCUT2D eigenvalue weighted by Gasteiger charge is 2.48. The quantitative estimate of drug-likeness (QED) is 0.838. The lowest BCUT2D eigenvalue weighted by Gasteiger charge is -2.53. The smallest absolute Gasteiger partial charge is 0.225 e. The maximum Gasteiger partial charge on any atom is 0.225 e. The van der Waals surface area contributed by atoms with E-state index in [1.807, 2.05) is 18.7 Å². The first-order chi connectivity index (χ1) is 10.5. The molecule has 3 aliphatic rings. The summed E-state index contributed by atoms with van der Waals surface area (Å²) in [6.07, 6.45) is 5.21. The second-order valence-corrected chi connectivity index (χ2v) is 7.70. The highest BCUT2D eigenvalue weighted by Crippen LogP contribution is 2.36. The Balaban J connectivity index is 1.34. The fraction of sp³-hybridized carbons (Fsp3) is 0.882. The van der Waals surface area contributed by atoms with E-state index >= 15 is 0 Å². The third-order valence-electron chi connectivity index (χ3n) is 5.16. The first-order valence-corrected chi connectivity index (χ1v) is 8.67. The summed E-state index contributed by atoms with van der Waals surface area (Å²) in [4.78, 5) is 25.5. The Kier molecular flexibility index (Phi) is 4.44. The van der Waals surface area contributed by atoms with Crippen LogP contribution in [0.4, 0.5) is 0 Å². The number of amides is 2. The Morgan fingerprint density at radius 1 is 1.23 bits per heavy atom. The zero-order chi connectivity index (χ0) is 15.7. The summed E-state index contributed by atoms with van der Waals surface area (Å²) in [7, 11) is 0. The number of nitrogens with zero attached hydrogens (tertiary/aromatic N) is 1. The molecule has 2 heterocycles. The van der Waals surface area contributed by atoms with Crippen LogP contribution in [0.1, 0.15) is 46.0 Å². The van der Waals surface area contributed by atoms with Crippen molar-refractivity contribution >= 4 is 11.8 Å². The van der Waals surface area contributed by atoms with Crippen molar-refractivity contribution in [1.29, 1.82) is 0 Å². The van der Waals surface area contributed by atoms with E-state index in [9.17, 15) is 9.59 Å². The first-order valence-electron chi connectivity index (χ1n) is 8.67. The van der Waals surface area contributed by atoms with Gasteiger partial charge in [-0.25, -0.2) is 0 Å². The van der Waals surface area contributed by atoms with Crippen molar-refractivity contribution in [2.75, 3.05) is 26.2 Å². The maximum atomic E-state index is 11.9. The fourth-order valence-corrected chi connectivity index (χ4v) is 3.41. The SMILES string of the molecule is CC(C)C(=O)N1CC2(CC[C@H](CNC(=O)CC3CC3)CO2)C1. The second kappa shape index (κ2) is 6.19. The van der Waals surface area contributed by atoms with Crippen LogP contribution in [0, 0.1) is 17.8 Å². The summed E-state index contributed by atoms with van der Waals surface area (Å²) in [5.41, 5.74) is -0.0981. The minimum absolute atomic E-state index is 0.0652. The maximum absolute atomic E-state index is 11.9. The van der Waals surface area contributed by atoms with Gasteiger partial charge < -0.3 is 15.0 Å². The Hall–Kier alpha value is -1.10. The van der Waals surface area contributed by atoms with E-state index < -0.39 is 0 Å². The van der Waals surface area contributed by atoms with Gasteiger partial charge in [0.1, 0.15) is 5.60 Å². The van der Waals surface area contributed by atoms with E-state index in [1.54, 1.807) is 0 Å². The van der Waals surface area contributed by atoms with Crippen molar-refractivity contribution in [2.45, 2.75) is 51.6 Å². The van der Waals surface area contributed by atoms with Gasteiger partial charge in [0.2, 0.25) is 11.8 Å². The summed E-state index contributed by atoms with van der Waals surface area (Å²) in [6.45, 7) is 6.80. The molecule has 0 bridgehead atoms. The third-order valence-corrected chi connectivity index (χ3v) is 5.16. The molecule has 3 rings (SSSR count). The molecule has 5 heteroatoms. The Morgan fingerprint density at radius 2 is 1.95 bits per heavy atom. The van der Waals surface area contributed by atoms with Crippen LogP contribution in [0.2, 0.25) is 0 Å². The number of likely N-dealkylation sites (tertiary alicyclic amines) is 1. The molecular weight excluding hydrogens is 280 g/mol. The molecule has 0 radical (unpaired) electrons. The molecule has 1 saturated carbocycles. The molecule has 1 aliphatic carbocycles. The Labute approximate surface area is 132 Å². The zero-order valence-corrected chi connectivity index (χ0v) is 13.8. The van der Waals surface area contributed by atoms with Crippen LogP contribution in [-0.4, -0.2) is 48.6 Å². The van der Waals surface area contributed by atoms with Gasteiger partial charge in [-0.1, -0.05) is 13.8 Å². The van der Waals surface area contributed by atoms with E-state index in [1.165, 1.54) is 12.8 Å². The number of ether oxygens (including phenoxy) is 1. The van der Waals surface area contributed by atoms with Gasteiger partial charge in [0.25, 0.3) is 0 Å². The average molecular weight is 308 g/mol. The number of nitrogens with one attached hydrogen (secondary N) is 1. The molecule has 22 heavy (non-hydrogen) atoms. The molecule has 5 nitrogen and oxygen atoms in total. The van der Waals surface area contributed by atoms with Gasteiger partial charge in [0.15, 0.2) is 0 Å². The lowest BCUT2D eigenvalue weighted by Crippen LogP contribution is -2.67. The number of carbonyl (C=O) groups is 2. The fourth-order valence-electron chi connectivity index (χ4n) is 3.41. The Bertz CT molecular complexity index is 429. The van der Waals surface area contributed by atoms with Gasteiger partial charge in [-0.05, 0) is 37.5 Å². The van der Waals surface area contributed by atoms with Crippen molar-refractivity contribution in [3.8, 4) is 0 Å². The van der Waals surface area contributed by atoms with Crippen molar-refractivity contribution in [1.82, 2.24) is 10.2 Å². The first kappa shape index (κ1) is 15.8. The van der Waals surface area contributed by atoms with Gasteiger partial charge in [-0.3, -0.25) is 9.59 Å². The zero-order valence-electron chi connectivity index (χ0n) is 13.8. The summed E-state index contributed by atoms with van der Waals surface area (Å²) in [5, 5.41) is 3.05. The summed E-state index contributed by atoms with van der Waals surface area (Å²) in [5.74, 6) is 1.55. The van der Waals surface area contributed by atoms with Crippen LogP contribution in [0.5, 0.6) is 0 Å².